The summed E-state index contributed by atoms with van der Waals surface area (Å²) in [4.78, 5) is 31.3. The first-order valence-corrected chi connectivity index (χ1v) is 8.95. The Labute approximate surface area is 168 Å². The van der Waals surface area contributed by atoms with Crippen LogP contribution in [0.3, 0.4) is 0 Å². The van der Waals surface area contributed by atoms with Crippen molar-refractivity contribution >= 4 is 16.8 Å². The van der Waals surface area contributed by atoms with Gasteiger partial charge >= 0.3 is 0 Å². The fourth-order valence-corrected chi connectivity index (χ4v) is 2.96. The number of carbonyl (C=O) groups is 1. The molecule has 0 radical (unpaired) electrons. The maximum absolute atomic E-state index is 12.8. The molecule has 0 saturated heterocycles. The van der Waals surface area contributed by atoms with Gasteiger partial charge in [-0.3, -0.25) is 14.2 Å². The number of carbonyl (C=O) groups excluding carboxylic acids is 1. The molecule has 8 nitrogen and oxygen atoms in total. The molecule has 3 aromatic rings. The van der Waals surface area contributed by atoms with Gasteiger partial charge in [0.1, 0.15) is 12.3 Å². The van der Waals surface area contributed by atoms with E-state index in [9.17, 15) is 9.59 Å². The minimum Gasteiger partial charge on any atom is -0.497 e. The lowest BCUT2D eigenvalue weighted by Gasteiger charge is -2.18. The summed E-state index contributed by atoms with van der Waals surface area (Å²) in [5.74, 6) is 1.47. The van der Waals surface area contributed by atoms with Gasteiger partial charge in [-0.2, -0.15) is 0 Å². The third kappa shape index (κ3) is 4.31. The summed E-state index contributed by atoms with van der Waals surface area (Å²) in [6.07, 6.45) is 1.37. The number of likely N-dealkylation sites (N-methyl/N-ethyl adjacent to an activating group) is 1. The van der Waals surface area contributed by atoms with Crippen molar-refractivity contribution in [2.45, 2.75) is 13.1 Å². The Morgan fingerprint density at radius 1 is 1.03 bits per heavy atom. The van der Waals surface area contributed by atoms with Crippen molar-refractivity contribution in [3.8, 4) is 17.2 Å². The highest BCUT2D eigenvalue weighted by Crippen LogP contribution is 2.29. The molecule has 0 unspecified atom stereocenters. The van der Waals surface area contributed by atoms with Crippen LogP contribution in [-0.4, -0.2) is 48.7 Å². The second kappa shape index (κ2) is 8.64. The van der Waals surface area contributed by atoms with Gasteiger partial charge in [0.2, 0.25) is 5.91 Å². The highest BCUT2D eigenvalue weighted by Gasteiger charge is 2.15. The van der Waals surface area contributed by atoms with Crippen LogP contribution in [0.4, 0.5) is 0 Å². The van der Waals surface area contributed by atoms with E-state index in [0.717, 1.165) is 11.3 Å². The van der Waals surface area contributed by atoms with Crippen LogP contribution < -0.4 is 19.8 Å². The maximum Gasteiger partial charge on any atom is 0.261 e. The van der Waals surface area contributed by atoms with E-state index in [-0.39, 0.29) is 18.0 Å². The lowest BCUT2D eigenvalue weighted by atomic mass is 10.2. The smallest absolute Gasteiger partial charge is 0.261 e. The van der Waals surface area contributed by atoms with Gasteiger partial charge < -0.3 is 19.1 Å². The molecule has 1 heterocycles. The number of amides is 1. The molecule has 8 heteroatoms. The van der Waals surface area contributed by atoms with Crippen LogP contribution in [-0.2, 0) is 17.9 Å². The molecule has 0 saturated carbocycles. The molecule has 0 aliphatic rings. The average Bonchev–Trinajstić information content (AvgIpc) is 2.75. The van der Waals surface area contributed by atoms with Crippen LogP contribution >= 0.6 is 0 Å². The Hall–Kier alpha value is -3.55. The molecular weight excluding hydrogens is 374 g/mol. The molecule has 1 amide bonds. The second-order valence-electron chi connectivity index (χ2n) is 6.50. The molecular formula is C21H23N3O5. The number of fused-ring (bicyclic) bond motifs is 1. The highest BCUT2D eigenvalue weighted by molar-refractivity contribution is 5.82. The summed E-state index contributed by atoms with van der Waals surface area (Å²) in [5.41, 5.74) is 1.12. The number of methoxy groups -OCH3 is 3. The molecule has 0 fully saturated rings. The molecule has 29 heavy (non-hydrogen) atoms. The standard InChI is InChI=1S/C21H23N3O5/c1-23(11-14-5-7-15(27-2)8-6-14)20(25)12-24-13-22-17-10-19(29-4)18(28-3)9-16(17)21(24)26/h5-10,13H,11-12H2,1-4H3. The normalized spacial score (nSPS) is 10.6. The lowest BCUT2D eigenvalue weighted by Crippen LogP contribution is -2.33. The van der Waals surface area contributed by atoms with E-state index in [0.29, 0.717) is 28.9 Å². The monoisotopic (exact) mass is 397 g/mol. The van der Waals surface area contributed by atoms with Crippen molar-refractivity contribution in [1.82, 2.24) is 14.5 Å². The van der Waals surface area contributed by atoms with E-state index in [4.69, 9.17) is 14.2 Å². The average molecular weight is 397 g/mol. The molecule has 0 N–H and O–H groups in total. The van der Waals surface area contributed by atoms with E-state index in [1.165, 1.54) is 25.1 Å². The van der Waals surface area contributed by atoms with Gasteiger partial charge in [-0.1, -0.05) is 12.1 Å². The Bertz CT molecular complexity index is 1080. The Morgan fingerprint density at radius 3 is 2.31 bits per heavy atom. The van der Waals surface area contributed by atoms with Crippen LogP contribution in [0.2, 0.25) is 0 Å². The highest BCUT2D eigenvalue weighted by atomic mass is 16.5. The van der Waals surface area contributed by atoms with Gasteiger partial charge in [0, 0.05) is 19.7 Å². The van der Waals surface area contributed by atoms with E-state index >= 15 is 0 Å². The van der Waals surface area contributed by atoms with Crippen molar-refractivity contribution in [3.05, 3.63) is 58.6 Å². The summed E-state index contributed by atoms with van der Waals surface area (Å²) in [5, 5.41) is 0.357. The Kier molecular flexibility index (Phi) is 6.01. The van der Waals surface area contributed by atoms with Crippen molar-refractivity contribution in [3.63, 3.8) is 0 Å². The first kappa shape index (κ1) is 20.2. The topological polar surface area (TPSA) is 82.9 Å². The summed E-state index contributed by atoms with van der Waals surface area (Å²) < 4.78 is 16.9. The van der Waals surface area contributed by atoms with Crippen LogP contribution in [0.1, 0.15) is 5.56 Å². The minimum absolute atomic E-state index is 0.108. The van der Waals surface area contributed by atoms with Crippen LogP contribution in [0.15, 0.2) is 47.5 Å². The van der Waals surface area contributed by atoms with Gasteiger partial charge in [0.25, 0.3) is 5.56 Å². The fourth-order valence-electron chi connectivity index (χ4n) is 2.96. The molecule has 0 aliphatic heterocycles. The fraction of sp³-hybridized carbons (Fsp3) is 0.286. The zero-order valence-electron chi connectivity index (χ0n) is 16.8. The number of hydrogen-bond donors (Lipinski definition) is 0. The number of aromatic nitrogens is 2. The zero-order valence-corrected chi connectivity index (χ0v) is 16.8. The van der Waals surface area contributed by atoms with Crippen LogP contribution in [0, 0.1) is 0 Å². The molecule has 0 aliphatic carbocycles. The Morgan fingerprint density at radius 2 is 1.69 bits per heavy atom. The van der Waals surface area contributed by atoms with E-state index in [1.54, 1.807) is 31.2 Å². The van der Waals surface area contributed by atoms with Gasteiger partial charge in [0.05, 0.1) is 38.6 Å². The molecule has 3 rings (SSSR count). The number of benzene rings is 2. The molecule has 152 valence electrons. The zero-order chi connectivity index (χ0) is 21.0. The maximum atomic E-state index is 12.8. The molecule has 1 aromatic heterocycles. The second-order valence-corrected chi connectivity index (χ2v) is 6.50. The predicted octanol–water partition coefficient (Wildman–Crippen LogP) is 2.08. The van der Waals surface area contributed by atoms with E-state index in [1.807, 2.05) is 24.3 Å². The Balaban J connectivity index is 1.80. The minimum atomic E-state index is -0.317. The molecule has 2 aromatic carbocycles. The largest absolute Gasteiger partial charge is 0.497 e. The number of ether oxygens (including phenoxy) is 3. The van der Waals surface area contributed by atoms with Crippen molar-refractivity contribution in [2.24, 2.45) is 0 Å². The van der Waals surface area contributed by atoms with E-state index < -0.39 is 0 Å². The van der Waals surface area contributed by atoms with Crippen molar-refractivity contribution in [1.29, 1.82) is 0 Å². The number of hydrogen-bond acceptors (Lipinski definition) is 6. The van der Waals surface area contributed by atoms with E-state index in [2.05, 4.69) is 4.98 Å². The van der Waals surface area contributed by atoms with Gasteiger partial charge in [-0.15, -0.1) is 0 Å². The predicted molar refractivity (Wildman–Crippen MR) is 109 cm³/mol. The number of nitrogens with zero attached hydrogens (tertiary/aromatic N) is 3. The van der Waals surface area contributed by atoms with Crippen LogP contribution in [0.25, 0.3) is 10.9 Å². The first-order valence-electron chi connectivity index (χ1n) is 8.95. The van der Waals surface area contributed by atoms with Crippen LogP contribution in [0.5, 0.6) is 17.2 Å². The van der Waals surface area contributed by atoms with Crippen molar-refractivity contribution in [2.75, 3.05) is 28.4 Å². The van der Waals surface area contributed by atoms with Gasteiger partial charge in [0.15, 0.2) is 11.5 Å². The number of rotatable bonds is 7. The SMILES string of the molecule is COc1ccc(CN(C)C(=O)Cn2cnc3cc(OC)c(OC)cc3c2=O)cc1. The molecule has 0 atom stereocenters. The van der Waals surface area contributed by atoms with Gasteiger partial charge in [-0.25, -0.2) is 4.98 Å². The third-order valence-corrected chi connectivity index (χ3v) is 4.64. The third-order valence-electron chi connectivity index (χ3n) is 4.64. The quantitative estimate of drug-likeness (QED) is 0.607. The van der Waals surface area contributed by atoms with Gasteiger partial charge in [-0.05, 0) is 23.8 Å². The molecule has 0 bridgehead atoms. The van der Waals surface area contributed by atoms with Crippen molar-refractivity contribution < 1.29 is 19.0 Å². The summed E-state index contributed by atoms with van der Waals surface area (Å²) in [7, 11) is 6.31. The summed E-state index contributed by atoms with van der Waals surface area (Å²) in [6, 6.07) is 10.7. The molecule has 0 spiro atoms. The summed E-state index contributed by atoms with van der Waals surface area (Å²) in [6.45, 7) is 0.312. The lowest BCUT2D eigenvalue weighted by molar-refractivity contribution is -0.131. The summed E-state index contributed by atoms with van der Waals surface area (Å²) >= 11 is 0. The first-order chi connectivity index (χ1) is 14.0.